The van der Waals surface area contributed by atoms with Crippen LogP contribution in [0.5, 0.6) is 5.75 Å². The fourth-order valence-corrected chi connectivity index (χ4v) is 2.01. The molecule has 0 fully saturated rings. The summed E-state index contributed by atoms with van der Waals surface area (Å²) in [7, 11) is 1.64. The number of aliphatic hydroxyl groups is 1. The molecule has 0 bridgehead atoms. The van der Waals surface area contributed by atoms with Gasteiger partial charge in [0.15, 0.2) is 0 Å². The summed E-state index contributed by atoms with van der Waals surface area (Å²) in [6, 6.07) is 7.70. The van der Waals surface area contributed by atoms with Crippen molar-refractivity contribution in [1.29, 1.82) is 0 Å². The average Bonchev–Trinajstić information content (AvgIpc) is 2.48. The summed E-state index contributed by atoms with van der Waals surface area (Å²) in [4.78, 5) is 2.06. The first-order valence-electron chi connectivity index (χ1n) is 7.02. The molecule has 1 atom stereocenters. The second kappa shape index (κ2) is 10.2. The van der Waals surface area contributed by atoms with Crippen LogP contribution in [0.3, 0.4) is 0 Å². The molecule has 0 amide bonds. The van der Waals surface area contributed by atoms with Crippen molar-refractivity contribution >= 4 is 0 Å². The molecule has 0 aliphatic heterocycles. The fourth-order valence-electron chi connectivity index (χ4n) is 2.01. The summed E-state index contributed by atoms with van der Waals surface area (Å²) in [6.07, 6.45) is 3.09. The Labute approximate surface area is 127 Å². The van der Waals surface area contributed by atoms with Crippen LogP contribution in [0.4, 0.5) is 0 Å². The normalized spacial score (nSPS) is 12.1. The van der Waals surface area contributed by atoms with E-state index in [0.29, 0.717) is 19.8 Å². The molecule has 1 N–H and O–H groups in total. The van der Waals surface area contributed by atoms with Gasteiger partial charge in [0.05, 0.1) is 26.4 Å². The van der Waals surface area contributed by atoms with E-state index in [9.17, 15) is 5.11 Å². The first-order valence-corrected chi connectivity index (χ1v) is 7.02. The Kier molecular flexibility index (Phi) is 8.43. The fraction of sp³-hybridized carbons (Fsp3) is 0.412. The van der Waals surface area contributed by atoms with E-state index in [-0.39, 0.29) is 0 Å². The van der Waals surface area contributed by atoms with Crippen LogP contribution < -0.4 is 4.74 Å². The lowest BCUT2D eigenvalue weighted by Gasteiger charge is -2.22. The van der Waals surface area contributed by atoms with E-state index in [4.69, 9.17) is 9.47 Å². The molecule has 0 aliphatic rings. The zero-order chi connectivity index (χ0) is 15.5. The predicted molar refractivity (Wildman–Crippen MR) is 85.5 cm³/mol. The van der Waals surface area contributed by atoms with Gasteiger partial charge in [-0.25, -0.2) is 0 Å². The predicted octanol–water partition coefficient (Wildman–Crippen LogP) is 2.25. The lowest BCUT2D eigenvalue weighted by atomic mass is 10.2. The molecular weight excluding hydrogens is 266 g/mol. The minimum atomic E-state index is -0.532. The van der Waals surface area contributed by atoms with Crippen molar-refractivity contribution in [3.63, 3.8) is 0 Å². The van der Waals surface area contributed by atoms with Gasteiger partial charge in [0.25, 0.3) is 0 Å². The topological polar surface area (TPSA) is 41.9 Å². The summed E-state index contributed by atoms with van der Waals surface area (Å²) in [5.41, 5.74) is 1.02. The zero-order valence-electron chi connectivity index (χ0n) is 12.7. The number of hydrogen-bond acceptors (Lipinski definition) is 4. The average molecular weight is 291 g/mol. The van der Waals surface area contributed by atoms with Crippen LogP contribution in [0.1, 0.15) is 5.56 Å². The van der Waals surface area contributed by atoms with Gasteiger partial charge in [-0.1, -0.05) is 24.3 Å². The van der Waals surface area contributed by atoms with Crippen LogP contribution in [-0.2, 0) is 11.3 Å². The van der Waals surface area contributed by atoms with Gasteiger partial charge < -0.3 is 14.6 Å². The third kappa shape index (κ3) is 7.09. The van der Waals surface area contributed by atoms with Gasteiger partial charge in [-0.05, 0) is 17.7 Å². The zero-order valence-corrected chi connectivity index (χ0v) is 12.7. The van der Waals surface area contributed by atoms with E-state index in [1.807, 2.05) is 36.4 Å². The molecule has 4 heteroatoms. The van der Waals surface area contributed by atoms with Gasteiger partial charge in [0.2, 0.25) is 0 Å². The van der Waals surface area contributed by atoms with E-state index in [0.717, 1.165) is 24.4 Å². The maximum Gasteiger partial charge on any atom is 0.119 e. The summed E-state index contributed by atoms with van der Waals surface area (Å²) < 4.78 is 10.7. The highest BCUT2D eigenvalue weighted by Crippen LogP contribution is 2.13. The molecule has 21 heavy (non-hydrogen) atoms. The van der Waals surface area contributed by atoms with Gasteiger partial charge in [-0.2, -0.15) is 0 Å². The highest BCUT2D eigenvalue weighted by molar-refractivity contribution is 5.27. The molecule has 0 aliphatic carbocycles. The minimum absolute atomic E-state index is 0.294. The molecule has 1 rings (SSSR count). The maximum atomic E-state index is 9.99. The van der Waals surface area contributed by atoms with Gasteiger partial charge in [-0.15, -0.1) is 13.2 Å². The summed E-state index contributed by atoms with van der Waals surface area (Å²) in [5, 5.41) is 9.99. The second-order valence-corrected chi connectivity index (χ2v) is 4.82. The van der Waals surface area contributed by atoms with Crippen molar-refractivity contribution in [2.24, 2.45) is 0 Å². The minimum Gasteiger partial charge on any atom is -0.497 e. The molecule has 116 valence electrons. The molecule has 4 nitrogen and oxygen atoms in total. The summed E-state index contributed by atoms with van der Waals surface area (Å²) in [6.45, 7) is 10.1. The molecule has 1 aromatic rings. The highest BCUT2D eigenvalue weighted by Gasteiger charge is 2.10. The Morgan fingerprint density at radius 2 is 2.00 bits per heavy atom. The van der Waals surface area contributed by atoms with Crippen molar-refractivity contribution in [2.45, 2.75) is 12.7 Å². The van der Waals surface area contributed by atoms with Crippen LogP contribution in [0.25, 0.3) is 0 Å². The number of benzene rings is 1. The SMILES string of the molecule is C=CCN(CC=C)C[C@@H](O)COCc1cccc(OC)c1. The van der Waals surface area contributed by atoms with Crippen molar-refractivity contribution in [1.82, 2.24) is 4.90 Å². The van der Waals surface area contributed by atoms with Crippen molar-refractivity contribution in [3.05, 3.63) is 55.1 Å². The first kappa shape index (κ1) is 17.4. The van der Waals surface area contributed by atoms with E-state index < -0.39 is 6.10 Å². The van der Waals surface area contributed by atoms with Gasteiger partial charge in [-0.3, -0.25) is 4.90 Å². The monoisotopic (exact) mass is 291 g/mol. The molecule has 0 aromatic heterocycles. The number of hydrogen-bond donors (Lipinski definition) is 1. The number of nitrogens with zero attached hydrogens (tertiary/aromatic N) is 1. The molecule has 0 saturated carbocycles. The van der Waals surface area contributed by atoms with Gasteiger partial charge in [0, 0.05) is 19.6 Å². The van der Waals surface area contributed by atoms with E-state index in [1.165, 1.54) is 0 Å². The largest absolute Gasteiger partial charge is 0.497 e. The third-order valence-corrected chi connectivity index (χ3v) is 2.96. The van der Waals surface area contributed by atoms with Crippen LogP contribution in [0.2, 0.25) is 0 Å². The summed E-state index contributed by atoms with van der Waals surface area (Å²) in [5.74, 6) is 0.805. The number of methoxy groups -OCH3 is 1. The van der Waals surface area contributed by atoms with Crippen molar-refractivity contribution in [2.75, 3.05) is 33.4 Å². The molecular formula is C17H25NO3. The lowest BCUT2D eigenvalue weighted by molar-refractivity contribution is 0.0132. The Hall–Kier alpha value is -1.62. The first-order chi connectivity index (χ1) is 10.2. The smallest absolute Gasteiger partial charge is 0.119 e. The Morgan fingerprint density at radius 1 is 1.29 bits per heavy atom. The summed E-state index contributed by atoms with van der Waals surface area (Å²) >= 11 is 0. The molecule has 0 spiro atoms. The van der Waals surface area contributed by atoms with Crippen LogP contribution in [-0.4, -0.2) is 49.5 Å². The van der Waals surface area contributed by atoms with E-state index in [2.05, 4.69) is 18.1 Å². The number of ether oxygens (including phenoxy) is 2. The highest BCUT2D eigenvalue weighted by atomic mass is 16.5. The molecule has 0 unspecified atom stereocenters. The van der Waals surface area contributed by atoms with E-state index >= 15 is 0 Å². The standard InChI is InChI=1S/C17H25NO3/c1-4-9-18(10-5-2)12-16(19)14-21-13-15-7-6-8-17(11-15)20-3/h4-8,11,16,19H,1-2,9-10,12-14H2,3H3/t16-/m1/s1. The Morgan fingerprint density at radius 3 is 2.62 bits per heavy atom. The number of rotatable bonds is 11. The van der Waals surface area contributed by atoms with Crippen LogP contribution in [0.15, 0.2) is 49.6 Å². The quantitative estimate of drug-likeness (QED) is 0.635. The van der Waals surface area contributed by atoms with Gasteiger partial charge in [0.1, 0.15) is 5.75 Å². The second-order valence-electron chi connectivity index (χ2n) is 4.82. The van der Waals surface area contributed by atoms with Crippen LogP contribution in [0, 0.1) is 0 Å². The van der Waals surface area contributed by atoms with Crippen molar-refractivity contribution in [3.8, 4) is 5.75 Å². The molecule has 0 radical (unpaired) electrons. The lowest BCUT2D eigenvalue weighted by Crippen LogP contribution is -2.35. The number of aliphatic hydroxyl groups excluding tert-OH is 1. The molecule has 0 saturated heterocycles. The molecule has 0 heterocycles. The van der Waals surface area contributed by atoms with Gasteiger partial charge >= 0.3 is 0 Å². The molecule has 1 aromatic carbocycles. The third-order valence-electron chi connectivity index (χ3n) is 2.96. The Balaban J connectivity index is 2.33. The van der Waals surface area contributed by atoms with Crippen LogP contribution >= 0.6 is 0 Å². The van der Waals surface area contributed by atoms with E-state index in [1.54, 1.807) is 7.11 Å². The Bertz CT molecular complexity index is 424. The maximum absolute atomic E-state index is 9.99. The van der Waals surface area contributed by atoms with Crippen molar-refractivity contribution < 1.29 is 14.6 Å².